The zero-order valence-corrected chi connectivity index (χ0v) is 12.8. The first-order valence-electron chi connectivity index (χ1n) is 7.28. The van der Waals surface area contributed by atoms with Crippen LogP contribution in [0.2, 0.25) is 0 Å². The van der Waals surface area contributed by atoms with Crippen molar-refractivity contribution in [1.82, 2.24) is 0 Å². The number of rotatable bonds is 5. The van der Waals surface area contributed by atoms with Crippen LogP contribution >= 0.6 is 0 Å². The van der Waals surface area contributed by atoms with Crippen LogP contribution < -0.4 is 9.64 Å². The average molecular weight is 283 g/mol. The van der Waals surface area contributed by atoms with E-state index in [9.17, 15) is 4.79 Å². The molecule has 0 aliphatic heterocycles. The first-order valence-corrected chi connectivity index (χ1v) is 7.28. The maximum Gasteiger partial charge on any atom is 0.343 e. The molecule has 0 bridgehead atoms. The number of nitrogens with zero attached hydrogens (tertiary/aromatic N) is 1. The highest BCUT2D eigenvalue weighted by molar-refractivity contribution is 5.91. The third kappa shape index (κ3) is 3.63. The van der Waals surface area contributed by atoms with Gasteiger partial charge in [-0.3, -0.25) is 0 Å². The molecule has 0 saturated carbocycles. The van der Waals surface area contributed by atoms with Gasteiger partial charge in [0.1, 0.15) is 5.75 Å². The van der Waals surface area contributed by atoms with Gasteiger partial charge in [-0.1, -0.05) is 24.3 Å². The van der Waals surface area contributed by atoms with Gasteiger partial charge in [-0.2, -0.15) is 0 Å². The molecule has 2 aromatic rings. The fourth-order valence-electron chi connectivity index (χ4n) is 2.22. The predicted molar refractivity (Wildman–Crippen MR) is 86.1 cm³/mol. The summed E-state index contributed by atoms with van der Waals surface area (Å²) in [6.07, 6.45) is 0. The van der Waals surface area contributed by atoms with Gasteiger partial charge in [0.15, 0.2) is 0 Å². The number of ether oxygens (including phenoxy) is 1. The van der Waals surface area contributed by atoms with E-state index in [1.807, 2.05) is 37.3 Å². The fourth-order valence-corrected chi connectivity index (χ4v) is 2.22. The summed E-state index contributed by atoms with van der Waals surface area (Å²) in [5, 5.41) is 0. The molecule has 0 spiro atoms. The minimum absolute atomic E-state index is 0.324. The van der Waals surface area contributed by atoms with Crippen molar-refractivity contribution in [3.63, 3.8) is 0 Å². The van der Waals surface area contributed by atoms with E-state index in [-0.39, 0.29) is 5.97 Å². The van der Waals surface area contributed by atoms with Gasteiger partial charge in [-0.15, -0.1) is 0 Å². The Hall–Kier alpha value is -2.29. The lowest BCUT2D eigenvalue weighted by molar-refractivity contribution is 0.0733. The van der Waals surface area contributed by atoms with Crippen LogP contribution in [0.25, 0.3) is 0 Å². The molecule has 0 N–H and O–H groups in total. The molecule has 0 atom stereocenters. The molecule has 2 aromatic carbocycles. The SMILES string of the molecule is CCN(CC)c1ccc(C)c(OC(=O)c2ccccc2)c1. The summed E-state index contributed by atoms with van der Waals surface area (Å²) < 4.78 is 5.55. The summed E-state index contributed by atoms with van der Waals surface area (Å²) in [4.78, 5) is 14.4. The zero-order valence-electron chi connectivity index (χ0n) is 12.8. The molecule has 3 heteroatoms. The highest BCUT2D eigenvalue weighted by atomic mass is 16.5. The Bertz CT molecular complexity index is 604. The molecule has 21 heavy (non-hydrogen) atoms. The van der Waals surface area contributed by atoms with Crippen molar-refractivity contribution in [3.8, 4) is 5.75 Å². The lowest BCUT2D eigenvalue weighted by Gasteiger charge is -2.22. The Morgan fingerprint density at radius 1 is 1.05 bits per heavy atom. The molecule has 0 aliphatic carbocycles. The number of hydrogen-bond donors (Lipinski definition) is 0. The van der Waals surface area contributed by atoms with E-state index in [1.165, 1.54) is 0 Å². The summed E-state index contributed by atoms with van der Waals surface area (Å²) in [5.74, 6) is 0.295. The normalized spacial score (nSPS) is 10.2. The molecule has 0 unspecified atom stereocenters. The predicted octanol–water partition coefficient (Wildman–Crippen LogP) is 4.06. The third-order valence-corrected chi connectivity index (χ3v) is 3.51. The highest BCUT2D eigenvalue weighted by Crippen LogP contribution is 2.26. The standard InChI is InChI=1S/C18H21NO2/c1-4-19(5-2)16-12-11-14(3)17(13-16)21-18(20)15-9-7-6-8-10-15/h6-13H,4-5H2,1-3H3. The lowest BCUT2D eigenvalue weighted by Crippen LogP contribution is -2.22. The van der Waals surface area contributed by atoms with Crippen LogP contribution in [0.4, 0.5) is 5.69 Å². The number of carbonyl (C=O) groups is 1. The van der Waals surface area contributed by atoms with Crippen LogP contribution in [0.5, 0.6) is 5.75 Å². The number of hydrogen-bond acceptors (Lipinski definition) is 3. The Labute approximate surface area is 126 Å². The Balaban J connectivity index is 2.23. The molecular weight excluding hydrogens is 262 g/mol. The second kappa shape index (κ2) is 6.93. The third-order valence-electron chi connectivity index (χ3n) is 3.51. The summed E-state index contributed by atoms with van der Waals surface area (Å²) in [7, 11) is 0. The van der Waals surface area contributed by atoms with E-state index in [4.69, 9.17) is 4.74 Å². The number of aryl methyl sites for hydroxylation is 1. The van der Waals surface area contributed by atoms with Crippen LogP contribution in [0.1, 0.15) is 29.8 Å². The maximum atomic E-state index is 12.2. The van der Waals surface area contributed by atoms with Crippen molar-refractivity contribution in [1.29, 1.82) is 0 Å². The van der Waals surface area contributed by atoms with Crippen LogP contribution in [0, 0.1) is 6.92 Å². The molecule has 0 heterocycles. The largest absolute Gasteiger partial charge is 0.423 e. The lowest BCUT2D eigenvalue weighted by atomic mass is 10.2. The number of carbonyl (C=O) groups excluding carboxylic acids is 1. The van der Waals surface area contributed by atoms with Gasteiger partial charge < -0.3 is 9.64 Å². The minimum Gasteiger partial charge on any atom is -0.423 e. The van der Waals surface area contributed by atoms with Crippen LogP contribution in [0.15, 0.2) is 48.5 Å². The van der Waals surface area contributed by atoms with Gasteiger partial charge in [-0.05, 0) is 44.5 Å². The quantitative estimate of drug-likeness (QED) is 0.612. The van der Waals surface area contributed by atoms with Gasteiger partial charge in [0.05, 0.1) is 5.56 Å². The van der Waals surface area contributed by atoms with E-state index >= 15 is 0 Å². The molecule has 2 rings (SSSR count). The van der Waals surface area contributed by atoms with Crippen molar-refractivity contribution in [2.24, 2.45) is 0 Å². The Kier molecular flexibility index (Phi) is 4.99. The molecule has 0 saturated heterocycles. The maximum absolute atomic E-state index is 12.2. The van der Waals surface area contributed by atoms with Gasteiger partial charge in [0.25, 0.3) is 0 Å². The van der Waals surface area contributed by atoms with E-state index in [2.05, 4.69) is 24.8 Å². The second-order valence-electron chi connectivity index (χ2n) is 4.88. The molecule has 0 radical (unpaired) electrons. The van der Waals surface area contributed by atoms with Gasteiger partial charge in [0, 0.05) is 24.8 Å². The Morgan fingerprint density at radius 2 is 1.71 bits per heavy atom. The summed E-state index contributed by atoms with van der Waals surface area (Å²) in [6, 6.07) is 15.0. The van der Waals surface area contributed by atoms with E-state index in [0.29, 0.717) is 11.3 Å². The number of anilines is 1. The first kappa shape index (κ1) is 15.1. The van der Waals surface area contributed by atoms with Crippen molar-refractivity contribution >= 4 is 11.7 Å². The molecule has 110 valence electrons. The first-order chi connectivity index (χ1) is 10.2. The van der Waals surface area contributed by atoms with Gasteiger partial charge in [-0.25, -0.2) is 4.79 Å². The molecule has 0 aliphatic rings. The monoisotopic (exact) mass is 283 g/mol. The average Bonchev–Trinajstić information content (AvgIpc) is 2.52. The van der Waals surface area contributed by atoms with Crippen molar-refractivity contribution in [3.05, 3.63) is 59.7 Å². The second-order valence-corrected chi connectivity index (χ2v) is 4.88. The van der Waals surface area contributed by atoms with Crippen molar-refractivity contribution in [2.45, 2.75) is 20.8 Å². The number of benzene rings is 2. The smallest absolute Gasteiger partial charge is 0.343 e. The Morgan fingerprint density at radius 3 is 2.33 bits per heavy atom. The van der Waals surface area contributed by atoms with Crippen LogP contribution in [-0.2, 0) is 0 Å². The summed E-state index contributed by atoms with van der Waals surface area (Å²) >= 11 is 0. The molecule has 0 amide bonds. The fraction of sp³-hybridized carbons (Fsp3) is 0.278. The van der Waals surface area contributed by atoms with Gasteiger partial charge >= 0.3 is 5.97 Å². The van der Waals surface area contributed by atoms with E-state index < -0.39 is 0 Å². The molecule has 0 aromatic heterocycles. The molecule has 3 nitrogen and oxygen atoms in total. The van der Waals surface area contributed by atoms with Crippen LogP contribution in [-0.4, -0.2) is 19.1 Å². The summed E-state index contributed by atoms with van der Waals surface area (Å²) in [6.45, 7) is 8.01. The van der Waals surface area contributed by atoms with Crippen molar-refractivity contribution in [2.75, 3.05) is 18.0 Å². The van der Waals surface area contributed by atoms with Crippen LogP contribution in [0.3, 0.4) is 0 Å². The number of esters is 1. The molecule has 0 fully saturated rings. The van der Waals surface area contributed by atoms with Crippen molar-refractivity contribution < 1.29 is 9.53 Å². The highest BCUT2D eigenvalue weighted by Gasteiger charge is 2.11. The topological polar surface area (TPSA) is 29.5 Å². The minimum atomic E-state index is -0.324. The van der Waals surface area contributed by atoms with Gasteiger partial charge in [0.2, 0.25) is 0 Å². The van der Waals surface area contributed by atoms with E-state index in [0.717, 1.165) is 24.3 Å². The zero-order chi connectivity index (χ0) is 15.2. The summed E-state index contributed by atoms with van der Waals surface area (Å²) in [5.41, 5.74) is 2.58. The molecular formula is C18H21NO2. The van der Waals surface area contributed by atoms with E-state index in [1.54, 1.807) is 12.1 Å².